The lowest BCUT2D eigenvalue weighted by Crippen LogP contribution is -2.45. The predicted octanol–water partition coefficient (Wildman–Crippen LogP) is 3.19. The summed E-state index contributed by atoms with van der Waals surface area (Å²) in [6, 6.07) is 9.90. The highest BCUT2D eigenvalue weighted by atomic mass is 16.5. The van der Waals surface area contributed by atoms with E-state index >= 15 is 0 Å². The Bertz CT molecular complexity index is 624. The third-order valence-corrected chi connectivity index (χ3v) is 4.17. The molecule has 4 nitrogen and oxygen atoms in total. The Morgan fingerprint density at radius 2 is 2.18 bits per heavy atom. The fourth-order valence-electron chi connectivity index (χ4n) is 2.67. The first kappa shape index (κ1) is 15.0. The van der Waals surface area contributed by atoms with E-state index in [1.54, 1.807) is 12.4 Å². The lowest BCUT2D eigenvalue weighted by Gasteiger charge is -2.36. The van der Waals surface area contributed by atoms with Crippen LogP contribution in [0.2, 0.25) is 0 Å². The molecule has 116 valence electrons. The van der Waals surface area contributed by atoms with Crippen LogP contribution in [0.5, 0.6) is 11.5 Å². The number of pyridine rings is 1. The molecule has 1 fully saturated rings. The van der Waals surface area contributed by atoms with E-state index in [0.29, 0.717) is 6.54 Å². The molecule has 1 heterocycles. The molecule has 0 spiro atoms. The van der Waals surface area contributed by atoms with Crippen molar-refractivity contribution in [3.63, 3.8) is 0 Å². The van der Waals surface area contributed by atoms with Crippen LogP contribution in [0.15, 0.2) is 42.7 Å². The summed E-state index contributed by atoms with van der Waals surface area (Å²) in [5.41, 5.74) is 1.81. The fourth-order valence-corrected chi connectivity index (χ4v) is 2.67. The highest BCUT2D eigenvalue weighted by Gasteiger charge is 2.33. The molecule has 2 aromatic rings. The van der Waals surface area contributed by atoms with Gasteiger partial charge in [0.1, 0.15) is 11.5 Å². The van der Waals surface area contributed by atoms with Crippen molar-refractivity contribution in [1.82, 2.24) is 10.3 Å². The van der Waals surface area contributed by atoms with Crippen molar-refractivity contribution in [1.29, 1.82) is 0 Å². The summed E-state index contributed by atoms with van der Waals surface area (Å²) in [7, 11) is 0. The summed E-state index contributed by atoms with van der Waals surface area (Å²) in [4.78, 5) is 4.05. The lowest BCUT2D eigenvalue weighted by molar-refractivity contribution is -0.0314. The number of hydrogen-bond donors (Lipinski definition) is 2. The van der Waals surface area contributed by atoms with Crippen LogP contribution in [-0.4, -0.2) is 22.2 Å². The zero-order chi connectivity index (χ0) is 15.4. The van der Waals surface area contributed by atoms with Crippen molar-refractivity contribution in [2.45, 2.75) is 38.3 Å². The molecule has 1 aromatic heterocycles. The lowest BCUT2D eigenvalue weighted by atomic mass is 9.80. The van der Waals surface area contributed by atoms with Gasteiger partial charge < -0.3 is 15.2 Å². The Balaban J connectivity index is 1.57. The number of hydrogen-bond acceptors (Lipinski definition) is 4. The predicted molar refractivity (Wildman–Crippen MR) is 86.0 cm³/mol. The van der Waals surface area contributed by atoms with E-state index in [2.05, 4.69) is 22.4 Å². The minimum absolute atomic E-state index is 0.474. The molecular weight excluding hydrogens is 276 g/mol. The Morgan fingerprint density at radius 1 is 1.32 bits per heavy atom. The van der Waals surface area contributed by atoms with Gasteiger partial charge in [-0.1, -0.05) is 12.1 Å². The van der Waals surface area contributed by atoms with E-state index in [9.17, 15) is 5.11 Å². The third kappa shape index (κ3) is 3.64. The minimum Gasteiger partial charge on any atom is -0.455 e. The second-order valence-corrected chi connectivity index (χ2v) is 6.07. The van der Waals surface area contributed by atoms with Gasteiger partial charge in [-0.3, -0.25) is 4.98 Å². The van der Waals surface area contributed by atoms with E-state index < -0.39 is 5.60 Å². The first-order chi connectivity index (χ1) is 10.6. The summed E-state index contributed by atoms with van der Waals surface area (Å²) in [6.45, 7) is 3.46. The molecule has 0 radical (unpaired) electrons. The quantitative estimate of drug-likeness (QED) is 0.860. The number of nitrogens with one attached hydrogen (secondary N) is 1. The maximum Gasteiger partial charge on any atom is 0.145 e. The number of aliphatic hydroxyl groups is 1. The van der Waals surface area contributed by atoms with Crippen LogP contribution in [0.4, 0.5) is 0 Å². The zero-order valence-corrected chi connectivity index (χ0v) is 12.9. The normalized spacial score (nSPS) is 16.1. The molecule has 2 N–H and O–H groups in total. The molecule has 0 aliphatic heterocycles. The van der Waals surface area contributed by atoms with Gasteiger partial charge in [0.2, 0.25) is 0 Å². The van der Waals surface area contributed by atoms with Gasteiger partial charge in [-0.2, -0.15) is 0 Å². The molecule has 1 aliphatic rings. The van der Waals surface area contributed by atoms with E-state index in [4.69, 9.17) is 4.74 Å². The van der Waals surface area contributed by atoms with Crippen molar-refractivity contribution in [2.75, 3.05) is 6.54 Å². The van der Waals surface area contributed by atoms with Crippen LogP contribution in [0.25, 0.3) is 0 Å². The zero-order valence-electron chi connectivity index (χ0n) is 12.9. The van der Waals surface area contributed by atoms with Gasteiger partial charge >= 0.3 is 0 Å². The van der Waals surface area contributed by atoms with Crippen molar-refractivity contribution < 1.29 is 9.84 Å². The summed E-state index contributed by atoms with van der Waals surface area (Å²) in [5, 5.41) is 13.4. The first-order valence-electron chi connectivity index (χ1n) is 7.75. The molecule has 0 bridgehead atoms. The van der Waals surface area contributed by atoms with Gasteiger partial charge in [0.15, 0.2) is 0 Å². The van der Waals surface area contributed by atoms with E-state index in [-0.39, 0.29) is 0 Å². The van der Waals surface area contributed by atoms with Crippen molar-refractivity contribution in [2.24, 2.45) is 0 Å². The first-order valence-corrected chi connectivity index (χ1v) is 7.75. The van der Waals surface area contributed by atoms with Gasteiger partial charge in [0, 0.05) is 19.3 Å². The molecule has 1 aromatic carbocycles. The van der Waals surface area contributed by atoms with Crippen molar-refractivity contribution >= 4 is 0 Å². The molecule has 4 heteroatoms. The van der Waals surface area contributed by atoms with E-state index in [0.717, 1.165) is 42.9 Å². The number of benzene rings is 1. The molecule has 0 unspecified atom stereocenters. The molecule has 1 aliphatic carbocycles. The van der Waals surface area contributed by atoms with Crippen molar-refractivity contribution in [3.05, 3.63) is 53.9 Å². The average Bonchev–Trinajstić information content (AvgIpc) is 2.49. The molecular formula is C18H22N2O2. The molecule has 22 heavy (non-hydrogen) atoms. The molecule has 0 amide bonds. The van der Waals surface area contributed by atoms with Gasteiger partial charge in [-0.15, -0.1) is 0 Å². The van der Waals surface area contributed by atoms with Crippen LogP contribution in [-0.2, 0) is 6.54 Å². The smallest absolute Gasteiger partial charge is 0.145 e. The molecule has 1 saturated carbocycles. The third-order valence-electron chi connectivity index (χ3n) is 4.17. The number of ether oxygens (including phenoxy) is 1. The van der Waals surface area contributed by atoms with Crippen LogP contribution in [0, 0.1) is 6.92 Å². The van der Waals surface area contributed by atoms with Crippen LogP contribution < -0.4 is 10.1 Å². The summed E-state index contributed by atoms with van der Waals surface area (Å²) < 4.78 is 5.83. The van der Waals surface area contributed by atoms with Crippen molar-refractivity contribution in [3.8, 4) is 11.5 Å². The van der Waals surface area contributed by atoms with Gasteiger partial charge in [-0.05, 0) is 55.5 Å². The van der Waals surface area contributed by atoms with Crippen LogP contribution in [0.1, 0.15) is 30.4 Å². The summed E-state index contributed by atoms with van der Waals surface area (Å²) >= 11 is 0. The standard InChI is InChI=1S/C18H22N2O2/c1-14-10-15(11-20-13-18(21)7-3-8-18)5-6-17(14)22-16-4-2-9-19-12-16/h2,4-6,9-10,12,20-21H,3,7-8,11,13H2,1H3. The number of nitrogens with zero attached hydrogens (tertiary/aromatic N) is 1. The van der Waals surface area contributed by atoms with Gasteiger partial charge in [0.25, 0.3) is 0 Å². The minimum atomic E-state index is -0.474. The Kier molecular flexibility index (Phi) is 4.41. The molecule has 3 rings (SSSR count). The maximum atomic E-state index is 10.1. The Hall–Kier alpha value is -1.91. The van der Waals surface area contributed by atoms with E-state index in [1.165, 1.54) is 5.56 Å². The highest BCUT2D eigenvalue weighted by molar-refractivity contribution is 5.39. The Labute approximate surface area is 131 Å². The van der Waals surface area contributed by atoms with Crippen LogP contribution >= 0.6 is 0 Å². The largest absolute Gasteiger partial charge is 0.455 e. The Morgan fingerprint density at radius 3 is 2.82 bits per heavy atom. The second-order valence-electron chi connectivity index (χ2n) is 6.07. The van der Waals surface area contributed by atoms with Gasteiger partial charge in [-0.25, -0.2) is 0 Å². The maximum absolute atomic E-state index is 10.1. The SMILES string of the molecule is Cc1cc(CNCC2(O)CCC2)ccc1Oc1cccnc1. The average molecular weight is 298 g/mol. The molecule has 0 atom stereocenters. The topological polar surface area (TPSA) is 54.4 Å². The molecule has 0 saturated heterocycles. The van der Waals surface area contributed by atoms with Crippen LogP contribution in [0.3, 0.4) is 0 Å². The van der Waals surface area contributed by atoms with Gasteiger partial charge in [0.05, 0.1) is 11.8 Å². The van der Waals surface area contributed by atoms with E-state index in [1.807, 2.05) is 25.1 Å². The fraction of sp³-hybridized carbons (Fsp3) is 0.389. The highest BCUT2D eigenvalue weighted by Crippen LogP contribution is 2.30. The number of aryl methyl sites for hydroxylation is 1. The second kappa shape index (κ2) is 6.46. The number of rotatable bonds is 6. The summed E-state index contributed by atoms with van der Waals surface area (Å²) in [5.74, 6) is 1.58. The summed E-state index contributed by atoms with van der Waals surface area (Å²) in [6.07, 6.45) is 6.39. The number of aromatic nitrogens is 1. The monoisotopic (exact) mass is 298 g/mol.